The van der Waals surface area contributed by atoms with Crippen molar-refractivity contribution in [2.75, 3.05) is 12.4 Å². The monoisotopic (exact) mass is 359 g/mol. The number of carbonyl (C=O) groups is 1. The van der Waals surface area contributed by atoms with Gasteiger partial charge in [-0.25, -0.2) is 0 Å². The van der Waals surface area contributed by atoms with Gasteiger partial charge >= 0.3 is 6.18 Å². The van der Waals surface area contributed by atoms with E-state index in [9.17, 15) is 18.0 Å². The van der Waals surface area contributed by atoms with Crippen molar-refractivity contribution >= 4 is 23.6 Å². The van der Waals surface area contributed by atoms with E-state index in [1.54, 1.807) is 13.1 Å². The molecule has 0 saturated carbocycles. The van der Waals surface area contributed by atoms with Gasteiger partial charge < -0.3 is 5.32 Å². The first-order valence-electron chi connectivity index (χ1n) is 7.34. The summed E-state index contributed by atoms with van der Waals surface area (Å²) in [7, 11) is 1.55. The largest absolute Gasteiger partial charge is 0.417 e. The number of hydrogen-bond acceptors (Lipinski definition) is 2. The van der Waals surface area contributed by atoms with Crippen LogP contribution in [0.1, 0.15) is 35.3 Å². The Hall–Kier alpha value is -2.01. The minimum Gasteiger partial charge on any atom is -0.388 e. The Bertz CT molecular complexity index is 642. The molecule has 2 aromatic rings. The van der Waals surface area contributed by atoms with E-state index < -0.39 is 11.7 Å². The highest BCUT2D eigenvalue weighted by Gasteiger charge is 2.33. The van der Waals surface area contributed by atoms with Gasteiger partial charge in [-0.05, 0) is 31.2 Å². The first-order valence-corrected chi connectivity index (χ1v) is 7.72. The summed E-state index contributed by atoms with van der Waals surface area (Å²) in [5.41, 5.74) is 1.44. The lowest BCUT2D eigenvalue weighted by Crippen LogP contribution is -2.06. The van der Waals surface area contributed by atoms with Crippen molar-refractivity contribution in [3.8, 4) is 0 Å². The van der Waals surface area contributed by atoms with Gasteiger partial charge in [0.15, 0.2) is 0 Å². The second-order valence-electron chi connectivity index (χ2n) is 4.47. The second kappa shape index (κ2) is 10.7. The lowest BCUT2D eigenvalue weighted by molar-refractivity contribution is -0.137. The maximum absolute atomic E-state index is 12.3. The molecule has 0 amide bonds. The molecular formula is C18H21ClF3NO. The van der Waals surface area contributed by atoms with Crippen LogP contribution in [-0.2, 0) is 6.18 Å². The van der Waals surface area contributed by atoms with Crippen molar-refractivity contribution in [1.29, 1.82) is 0 Å². The minimum atomic E-state index is -4.40. The maximum atomic E-state index is 12.3. The molecule has 2 rings (SSSR count). The van der Waals surface area contributed by atoms with E-state index >= 15 is 0 Å². The van der Waals surface area contributed by atoms with E-state index in [1.165, 1.54) is 12.1 Å². The molecule has 0 bridgehead atoms. The Morgan fingerprint density at radius 3 is 2.12 bits per heavy atom. The predicted octanol–water partition coefficient (Wildman–Crippen LogP) is 6.23. The fourth-order valence-electron chi connectivity index (χ4n) is 1.64. The summed E-state index contributed by atoms with van der Waals surface area (Å²) in [5.74, 6) is 0. The van der Waals surface area contributed by atoms with Gasteiger partial charge in [0.2, 0.25) is 0 Å². The van der Waals surface area contributed by atoms with E-state index in [-0.39, 0.29) is 5.02 Å². The lowest BCUT2D eigenvalue weighted by atomic mass is 10.2. The summed E-state index contributed by atoms with van der Waals surface area (Å²) in [5, 5.41) is 2.32. The quantitative estimate of drug-likeness (QED) is 0.643. The van der Waals surface area contributed by atoms with Crippen molar-refractivity contribution in [2.45, 2.75) is 26.9 Å². The number of aryl methyl sites for hydroxylation is 1. The number of benzene rings is 2. The van der Waals surface area contributed by atoms with E-state index in [0.29, 0.717) is 5.69 Å². The van der Waals surface area contributed by atoms with Crippen molar-refractivity contribution in [1.82, 2.24) is 0 Å². The number of nitrogens with one attached hydrogen (secondary N) is 1. The van der Waals surface area contributed by atoms with Crippen LogP contribution in [-0.4, -0.2) is 13.3 Å². The average Bonchev–Trinajstić information content (AvgIpc) is 2.56. The molecule has 0 unspecified atom stereocenters. The number of anilines is 1. The molecule has 0 heterocycles. The number of alkyl halides is 3. The van der Waals surface area contributed by atoms with E-state index in [4.69, 9.17) is 11.6 Å². The Morgan fingerprint density at radius 1 is 1.08 bits per heavy atom. The zero-order valence-corrected chi connectivity index (χ0v) is 14.8. The molecule has 1 N–H and O–H groups in total. The number of halogens is 4. The van der Waals surface area contributed by atoms with Gasteiger partial charge in [0, 0.05) is 18.3 Å². The van der Waals surface area contributed by atoms with Gasteiger partial charge in [0.05, 0.1) is 10.6 Å². The summed E-state index contributed by atoms with van der Waals surface area (Å²) < 4.78 is 36.8. The Morgan fingerprint density at radius 2 is 1.71 bits per heavy atom. The molecule has 6 heteroatoms. The van der Waals surface area contributed by atoms with Crippen LogP contribution in [0.4, 0.5) is 18.9 Å². The fourth-order valence-corrected chi connectivity index (χ4v) is 1.87. The van der Waals surface area contributed by atoms with E-state index in [1.807, 2.05) is 39.0 Å². The number of aldehydes is 1. The Labute approximate surface area is 145 Å². The predicted molar refractivity (Wildman–Crippen MR) is 93.9 cm³/mol. The first-order chi connectivity index (χ1) is 11.3. The van der Waals surface area contributed by atoms with Crippen molar-refractivity contribution in [2.24, 2.45) is 0 Å². The third kappa shape index (κ3) is 7.51. The summed E-state index contributed by atoms with van der Waals surface area (Å²) >= 11 is 5.39. The number of rotatable bonds is 2. The number of hydrogen-bond donors (Lipinski definition) is 1. The topological polar surface area (TPSA) is 29.1 Å². The zero-order chi connectivity index (χ0) is 18.8. The molecule has 0 aliphatic heterocycles. The Kier molecular flexibility index (Phi) is 9.81. The minimum absolute atomic E-state index is 0.286. The molecule has 0 aliphatic carbocycles. The SMILES string of the molecule is CC.CNc1ccc(Cl)c(C(F)(F)F)c1.Cc1cccc(C=O)c1. The molecular weight excluding hydrogens is 339 g/mol. The normalized spacial score (nSPS) is 9.83. The van der Waals surface area contributed by atoms with Crippen LogP contribution in [0.15, 0.2) is 42.5 Å². The molecule has 0 aliphatic rings. The zero-order valence-electron chi connectivity index (χ0n) is 14.0. The standard InChI is InChI=1S/C8H7ClF3N.C8H8O.C2H6/c1-13-5-2-3-7(9)6(4-5)8(10,11)12;1-7-3-2-4-8(5-7)6-9;1-2/h2-4,13H,1H3;2-6H,1H3;1-2H3. The Balaban J connectivity index is 0.000000420. The van der Waals surface area contributed by atoms with Gasteiger partial charge in [-0.1, -0.05) is 49.2 Å². The van der Waals surface area contributed by atoms with Crippen molar-refractivity contribution in [3.63, 3.8) is 0 Å². The summed E-state index contributed by atoms with van der Waals surface area (Å²) in [4.78, 5) is 10.2. The second-order valence-corrected chi connectivity index (χ2v) is 4.88. The third-order valence-corrected chi connectivity index (χ3v) is 3.07. The maximum Gasteiger partial charge on any atom is 0.417 e. The van der Waals surface area contributed by atoms with Gasteiger partial charge in [0.25, 0.3) is 0 Å². The molecule has 0 radical (unpaired) electrons. The van der Waals surface area contributed by atoms with Crippen LogP contribution >= 0.6 is 11.6 Å². The molecule has 2 nitrogen and oxygen atoms in total. The highest BCUT2D eigenvalue weighted by molar-refractivity contribution is 6.31. The molecule has 2 aromatic carbocycles. The van der Waals surface area contributed by atoms with E-state index in [2.05, 4.69) is 5.32 Å². The molecule has 0 saturated heterocycles. The van der Waals surface area contributed by atoms with Crippen LogP contribution in [0.5, 0.6) is 0 Å². The van der Waals surface area contributed by atoms with Gasteiger partial charge in [-0.15, -0.1) is 0 Å². The van der Waals surface area contributed by atoms with Crippen molar-refractivity contribution in [3.05, 3.63) is 64.2 Å². The molecule has 132 valence electrons. The average molecular weight is 360 g/mol. The van der Waals surface area contributed by atoms with Crippen LogP contribution in [0.3, 0.4) is 0 Å². The molecule has 0 aromatic heterocycles. The smallest absolute Gasteiger partial charge is 0.388 e. The third-order valence-electron chi connectivity index (χ3n) is 2.74. The lowest BCUT2D eigenvalue weighted by Gasteiger charge is -2.10. The molecule has 0 atom stereocenters. The summed E-state index contributed by atoms with van der Waals surface area (Å²) in [6.07, 6.45) is -3.54. The highest BCUT2D eigenvalue weighted by atomic mass is 35.5. The first kappa shape index (κ1) is 22.0. The van der Waals surface area contributed by atoms with Crippen LogP contribution in [0.25, 0.3) is 0 Å². The van der Waals surface area contributed by atoms with Crippen molar-refractivity contribution < 1.29 is 18.0 Å². The molecule has 24 heavy (non-hydrogen) atoms. The van der Waals surface area contributed by atoms with Gasteiger partial charge in [-0.3, -0.25) is 4.79 Å². The van der Waals surface area contributed by atoms with Crippen LogP contribution in [0, 0.1) is 6.92 Å². The van der Waals surface area contributed by atoms with E-state index in [0.717, 1.165) is 23.5 Å². The van der Waals surface area contributed by atoms with Gasteiger partial charge in [-0.2, -0.15) is 13.2 Å². The summed E-state index contributed by atoms with van der Waals surface area (Å²) in [6.45, 7) is 5.97. The van der Waals surface area contributed by atoms with Crippen LogP contribution in [0.2, 0.25) is 5.02 Å². The molecule has 0 fully saturated rings. The highest BCUT2D eigenvalue weighted by Crippen LogP contribution is 2.35. The fraction of sp³-hybridized carbons (Fsp3) is 0.278. The number of carbonyl (C=O) groups excluding carboxylic acids is 1. The molecule has 0 spiro atoms. The van der Waals surface area contributed by atoms with Gasteiger partial charge in [0.1, 0.15) is 6.29 Å². The summed E-state index contributed by atoms with van der Waals surface area (Å²) in [6, 6.07) is 11.2. The van der Waals surface area contributed by atoms with Crippen LogP contribution < -0.4 is 5.32 Å².